The fourth-order valence-electron chi connectivity index (χ4n) is 1.34. The Morgan fingerprint density at radius 1 is 1.64 bits per heavy atom. The molecule has 0 nitrogen and oxygen atoms in total. The van der Waals surface area contributed by atoms with Crippen molar-refractivity contribution in [3.05, 3.63) is 3.82 Å². The van der Waals surface area contributed by atoms with Crippen molar-refractivity contribution in [2.45, 2.75) is 34.1 Å². The second-order valence-corrected chi connectivity index (χ2v) is 5.49. The number of rotatable bonds is 4. The highest BCUT2D eigenvalue weighted by molar-refractivity contribution is 14.1. The molecular formula is C8H19BIP-. The maximum absolute atomic E-state index is 2.67. The Kier molecular flexibility index (Phi) is 5.63. The second kappa shape index (κ2) is 5.06. The molecule has 0 rings (SSSR count). The van der Waals surface area contributed by atoms with Gasteiger partial charge in [-0.1, -0.05) is 34.1 Å². The van der Waals surface area contributed by atoms with Crippen LogP contribution in [0.5, 0.6) is 0 Å². The summed E-state index contributed by atoms with van der Waals surface area (Å²) in [7, 11) is 2.67. The first-order valence-corrected chi connectivity index (χ1v) is 5.72. The average molecular weight is 284 g/mol. The Balaban J connectivity index is 0. The van der Waals surface area contributed by atoms with Gasteiger partial charge < -0.3 is 22.6 Å². The van der Waals surface area contributed by atoms with Crippen molar-refractivity contribution in [1.29, 1.82) is 0 Å². The molecule has 0 N–H and O–H groups in total. The summed E-state index contributed by atoms with van der Waals surface area (Å²) in [5.74, 6) is 0.778. The lowest BCUT2D eigenvalue weighted by atomic mass is 9.73. The smallest absolute Gasteiger partial charge is 0 e. The Morgan fingerprint density at radius 2 is 2.09 bits per heavy atom. The van der Waals surface area contributed by atoms with E-state index in [0.717, 1.165) is 5.92 Å². The first-order valence-electron chi connectivity index (χ1n) is 3.98. The van der Waals surface area contributed by atoms with E-state index >= 15 is 0 Å². The number of halogens is 1. The first kappa shape index (κ1) is 12.2. The molecule has 0 saturated heterocycles. The van der Waals surface area contributed by atoms with E-state index in [1.165, 1.54) is 10.2 Å². The Hall–Kier alpha value is 1.22. The van der Waals surface area contributed by atoms with Gasteiger partial charge in [-0.05, 0) is 12.9 Å². The Labute approximate surface area is 89.3 Å². The summed E-state index contributed by atoms with van der Waals surface area (Å²) in [6.45, 7) is 11.3. The maximum atomic E-state index is 2.67. The molecule has 0 amide bonds. The average Bonchev–Trinajstić information content (AvgIpc) is 1.83. The third-order valence-electron chi connectivity index (χ3n) is 1.71. The van der Waals surface area contributed by atoms with Gasteiger partial charge in [0.1, 0.15) is 0 Å². The molecule has 0 heterocycles. The minimum absolute atomic E-state index is 0. The van der Waals surface area contributed by atoms with E-state index in [1.807, 2.05) is 0 Å². The van der Waals surface area contributed by atoms with Crippen LogP contribution in [0.25, 0.3) is 0 Å². The van der Waals surface area contributed by atoms with Crippen molar-refractivity contribution in [1.82, 2.24) is 0 Å². The molecule has 67 valence electrons. The largest absolute Gasteiger partial charge is 0.318 e. The maximum Gasteiger partial charge on any atom is 0 e. The van der Waals surface area contributed by atoms with Gasteiger partial charge in [0, 0.05) is 1.43 Å². The molecule has 0 bridgehead atoms. The quantitative estimate of drug-likeness (QED) is 0.319. The topological polar surface area (TPSA) is 0 Å². The van der Waals surface area contributed by atoms with E-state index in [0.29, 0.717) is 5.41 Å². The minimum atomic E-state index is 0. The SMILES string of the molecule is CC(C)CC(C)(C)[C-](I)[B]P.[HH]. The van der Waals surface area contributed by atoms with Crippen molar-refractivity contribution in [2.24, 2.45) is 11.3 Å². The van der Waals surface area contributed by atoms with Crippen LogP contribution in [0.3, 0.4) is 0 Å². The monoisotopic (exact) mass is 284 g/mol. The van der Waals surface area contributed by atoms with E-state index in [2.05, 4.69) is 66.4 Å². The molecule has 1 atom stereocenters. The third-order valence-corrected chi connectivity index (χ3v) is 4.54. The highest BCUT2D eigenvalue weighted by atomic mass is 127. The predicted octanol–water partition coefficient (Wildman–Crippen LogP) is 3.72. The number of hydrogen-bond acceptors (Lipinski definition) is 0. The molecular weight excluding hydrogens is 265 g/mol. The normalized spacial score (nSPS) is 12.7. The third kappa shape index (κ3) is 4.72. The van der Waals surface area contributed by atoms with Crippen LogP contribution in [0.15, 0.2) is 0 Å². The molecule has 0 aromatic rings. The van der Waals surface area contributed by atoms with Crippen LogP contribution in [0.4, 0.5) is 0 Å². The fourth-order valence-corrected chi connectivity index (χ4v) is 2.02. The van der Waals surface area contributed by atoms with Gasteiger partial charge in [0.2, 0.25) is 0 Å². The zero-order valence-corrected chi connectivity index (χ0v) is 11.1. The zero-order valence-electron chi connectivity index (χ0n) is 7.82. The summed E-state index contributed by atoms with van der Waals surface area (Å²) in [6, 6.07) is 0. The summed E-state index contributed by atoms with van der Waals surface area (Å²) < 4.78 is 1.44. The van der Waals surface area contributed by atoms with Gasteiger partial charge >= 0.3 is 0 Å². The molecule has 0 saturated carbocycles. The second-order valence-electron chi connectivity index (χ2n) is 4.00. The lowest BCUT2D eigenvalue weighted by molar-refractivity contribution is 0.350. The molecule has 0 aromatic carbocycles. The molecule has 0 aliphatic carbocycles. The molecule has 0 fully saturated rings. The highest BCUT2D eigenvalue weighted by Gasteiger charge is 2.14. The summed E-state index contributed by atoms with van der Waals surface area (Å²) in [6.07, 6.45) is 1.26. The lowest BCUT2D eigenvalue weighted by Gasteiger charge is -2.44. The molecule has 3 heteroatoms. The van der Waals surface area contributed by atoms with Crippen molar-refractivity contribution in [3.8, 4) is 0 Å². The van der Waals surface area contributed by atoms with E-state index in [9.17, 15) is 0 Å². The van der Waals surface area contributed by atoms with Gasteiger partial charge in [-0.2, -0.15) is 5.41 Å². The van der Waals surface area contributed by atoms with Crippen molar-refractivity contribution in [3.63, 3.8) is 0 Å². The zero-order chi connectivity index (χ0) is 9.07. The minimum Gasteiger partial charge on any atom is -0.318 e. The number of hydrogen-bond donors (Lipinski definition) is 0. The molecule has 1 unspecified atom stereocenters. The van der Waals surface area contributed by atoms with Crippen LogP contribution >= 0.6 is 31.7 Å². The first-order chi connectivity index (χ1) is 4.90. The highest BCUT2D eigenvalue weighted by Crippen LogP contribution is 2.39. The summed E-state index contributed by atoms with van der Waals surface area (Å²) >= 11 is 2.42. The summed E-state index contributed by atoms with van der Waals surface area (Å²) in [5.41, 5.74) is 0.358. The van der Waals surface area contributed by atoms with E-state index in [4.69, 9.17) is 0 Å². The van der Waals surface area contributed by atoms with E-state index in [-0.39, 0.29) is 1.43 Å². The van der Waals surface area contributed by atoms with Gasteiger partial charge in [0.15, 0.2) is 0 Å². The Bertz CT molecular complexity index is 120. The van der Waals surface area contributed by atoms with Crippen molar-refractivity contribution in [2.75, 3.05) is 0 Å². The van der Waals surface area contributed by atoms with E-state index in [1.54, 1.807) is 0 Å². The Morgan fingerprint density at radius 3 is 2.36 bits per heavy atom. The van der Waals surface area contributed by atoms with Crippen molar-refractivity contribution >= 4 is 38.7 Å². The molecule has 0 aliphatic heterocycles. The van der Waals surface area contributed by atoms with Crippen LogP contribution in [-0.2, 0) is 0 Å². The molecule has 0 spiro atoms. The van der Waals surface area contributed by atoms with E-state index < -0.39 is 0 Å². The van der Waals surface area contributed by atoms with Crippen LogP contribution < -0.4 is 0 Å². The van der Waals surface area contributed by atoms with Crippen LogP contribution in [0.1, 0.15) is 35.5 Å². The molecule has 0 aromatic heterocycles. The predicted molar refractivity (Wildman–Crippen MR) is 68.1 cm³/mol. The van der Waals surface area contributed by atoms with Crippen LogP contribution in [-0.4, -0.2) is 7.00 Å². The standard InChI is InChI=1S/C8H17BIP.H2/c1-6(2)5-8(3,4)7(10)9-11;/h6H,5,11H2,1-4H3;1H/q-1;. The summed E-state index contributed by atoms with van der Waals surface area (Å²) in [5, 5.41) is 0. The van der Waals surface area contributed by atoms with Crippen molar-refractivity contribution < 1.29 is 1.43 Å². The lowest BCUT2D eigenvalue weighted by Crippen LogP contribution is -2.22. The van der Waals surface area contributed by atoms with Gasteiger partial charge in [0.05, 0.1) is 0 Å². The van der Waals surface area contributed by atoms with Gasteiger partial charge in [-0.15, -0.1) is 0 Å². The van der Waals surface area contributed by atoms with Crippen LogP contribution in [0.2, 0.25) is 0 Å². The molecule has 1 radical (unpaired) electrons. The fraction of sp³-hybridized carbons (Fsp3) is 0.875. The van der Waals surface area contributed by atoms with Gasteiger partial charge in [-0.25, -0.2) is 9.12 Å². The van der Waals surface area contributed by atoms with Gasteiger partial charge in [-0.3, -0.25) is 3.82 Å². The van der Waals surface area contributed by atoms with Gasteiger partial charge in [0.25, 0.3) is 0 Å². The van der Waals surface area contributed by atoms with Crippen LogP contribution in [0, 0.1) is 15.2 Å². The summed E-state index contributed by atoms with van der Waals surface area (Å²) in [4.78, 5) is 0. The molecule has 11 heavy (non-hydrogen) atoms. The molecule has 0 aliphatic rings.